The highest BCUT2D eigenvalue weighted by atomic mass is 31.2. The highest BCUT2D eigenvalue weighted by Gasteiger charge is 2.17. The Bertz CT molecular complexity index is 543. The second kappa shape index (κ2) is 25.9. The van der Waals surface area contributed by atoms with Crippen molar-refractivity contribution in [3.05, 3.63) is 0 Å². The van der Waals surface area contributed by atoms with E-state index in [2.05, 4.69) is 13.8 Å². The van der Waals surface area contributed by atoms with E-state index in [-0.39, 0.29) is 13.2 Å². The van der Waals surface area contributed by atoms with Crippen LogP contribution in [0.25, 0.3) is 0 Å². The summed E-state index contributed by atoms with van der Waals surface area (Å²) in [6.07, 6.45) is 22.6. The molecule has 2 atom stereocenters. The topological polar surface area (TPSA) is 77.1 Å². The Morgan fingerprint density at radius 3 is 1.55 bits per heavy atom. The number of unbranched alkanes of at least 4 members (excludes halogenated alkanes) is 16. The number of rotatable bonds is 30. The number of likely N-dealkylation sites (N-methyl/N-ethyl adjacent to an activating group) is 1. The van der Waals surface area contributed by atoms with E-state index in [9.17, 15) is 9.46 Å². The molecular formula is C30H64NO6P. The van der Waals surface area contributed by atoms with Gasteiger partial charge in [0, 0.05) is 13.2 Å². The third-order valence-electron chi connectivity index (χ3n) is 6.73. The first kappa shape index (κ1) is 38.0. The Hall–Kier alpha value is -0.0100. The normalized spacial score (nSPS) is 14.6. The summed E-state index contributed by atoms with van der Waals surface area (Å²) in [6, 6.07) is 0. The maximum absolute atomic E-state index is 12.1. The van der Waals surface area contributed by atoms with Crippen molar-refractivity contribution in [1.29, 1.82) is 0 Å². The van der Waals surface area contributed by atoms with Gasteiger partial charge < -0.3 is 27.9 Å². The lowest BCUT2D eigenvalue weighted by Crippen LogP contribution is -2.37. The Kier molecular flexibility index (Phi) is 25.9. The minimum Gasteiger partial charge on any atom is -0.756 e. The molecule has 0 bridgehead atoms. The fraction of sp³-hybridized carbons (Fsp3) is 1.00. The molecule has 230 valence electrons. The van der Waals surface area contributed by atoms with Crippen LogP contribution in [0.3, 0.4) is 0 Å². The molecule has 7 nitrogen and oxygen atoms in total. The van der Waals surface area contributed by atoms with Crippen LogP contribution < -0.4 is 4.89 Å². The number of quaternary nitrogens is 1. The van der Waals surface area contributed by atoms with Gasteiger partial charge in [0.2, 0.25) is 0 Å². The minimum absolute atomic E-state index is 0.0718. The molecule has 8 heteroatoms. The van der Waals surface area contributed by atoms with E-state index >= 15 is 0 Å². The third-order valence-corrected chi connectivity index (χ3v) is 7.69. The van der Waals surface area contributed by atoms with Crippen LogP contribution in [0.2, 0.25) is 0 Å². The Morgan fingerprint density at radius 2 is 1.05 bits per heavy atom. The summed E-state index contributed by atoms with van der Waals surface area (Å²) in [6.45, 7) is 6.65. The zero-order valence-electron chi connectivity index (χ0n) is 25.9. The molecular weight excluding hydrogens is 501 g/mol. The lowest BCUT2D eigenvalue weighted by atomic mass is 10.0. The van der Waals surface area contributed by atoms with Gasteiger partial charge in [-0.15, -0.1) is 0 Å². The van der Waals surface area contributed by atoms with Gasteiger partial charge in [0.15, 0.2) is 0 Å². The molecule has 0 radical (unpaired) electrons. The minimum atomic E-state index is -4.35. The molecule has 0 aliphatic heterocycles. The van der Waals surface area contributed by atoms with Crippen molar-refractivity contribution in [2.24, 2.45) is 0 Å². The first-order chi connectivity index (χ1) is 18.2. The molecule has 0 aromatic rings. The summed E-state index contributed by atoms with van der Waals surface area (Å²) >= 11 is 0. The van der Waals surface area contributed by atoms with Crippen LogP contribution in [0, 0.1) is 0 Å². The molecule has 0 saturated carbocycles. The second-order valence-corrected chi connectivity index (χ2v) is 13.2. The van der Waals surface area contributed by atoms with Crippen molar-refractivity contribution in [3.8, 4) is 0 Å². The standard InChI is InChI=1S/C30H64NO6P/c1-6-8-10-12-13-14-15-16-17-18-19-20-21-22-25-34-28-30(35-26-23-11-9-7-2)29-37-38(32,33)36-27-24-31(3,4)5/h30H,6-29H2,1-5H3. The highest BCUT2D eigenvalue weighted by Crippen LogP contribution is 2.38. The summed E-state index contributed by atoms with van der Waals surface area (Å²) < 4.78 is 34.6. The van der Waals surface area contributed by atoms with Crippen molar-refractivity contribution < 1.29 is 32.5 Å². The average molecular weight is 566 g/mol. The van der Waals surface area contributed by atoms with Crippen LogP contribution in [-0.2, 0) is 23.1 Å². The predicted molar refractivity (Wildman–Crippen MR) is 157 cm³/mol. The molecule has 0 amide bonds. The molecule has 0 fully saturated rings. The molecule has 0 N–H and O–H groups in total. The van der Waals surface area contributed by atoms with Crippen molar-refractivity contribution in [2.45, 2.75) is 136 Å². The van der Waals surface area contributed by atoms with Gasteiger partial charge in [-0.2, -0.15) is 0 Å². The maximum Gasteiger partial charge on any atom is 0.268 e. The number of phosphoric acid groups is 1. The van der Waals surface area contributed by atoms with E-state index in [1.807, 2.05) is 21.1 Å². The fourth-order valence-corrected chi connectivity index (χ4v) is 4.90. The largest absolute Gasteiger partial charge is 0.756 e. The van der Waals surface area contributed by atoms with Gasteiger partial charge in [-0.1, -0.05) is 117 Å². The lowest BCUT2D eigenvalue weighted by molar-refractivity contribution is -0.870. The number of ether oxygens (including phenoxy) is 2. The SMILES string of the molecule is CCCCCCCCCCCCCCCCOCC(COP(=O)([O-])OCC[N+](C)(C)C)OCCCCCC. The van der Waals surface area contributed by atoms with Gasteiger partial charge in [0.25, 0.3) is 7.82 Å². The van der Waals surface area contributed by atoms with Crippen LogP contribution in [-0.4, -0.2) is 71.3 Å². The zero-order chi connectivity index (χ0) is 28.4. The lowest BCUT2D eigenvalue weighted by Gasteiger charge is -2.28. The van der Waals surface area contributed by atoms with Crippen LogP contribution in [0.5, 0.6) is 0 Å². The Labute approximate surface area is 236 Å². The first-order valence-corrected chi connectivity index (χ1v) is 17.3. The third kappa shape index (κ3) is 29.0. The maximum atomic E-state index is 12.1. The van der Waals surface area contributed by atoms with Crippen molar-refractivity contribution in [2.75, 3.05) is 60.7 Å². The van der Waals surface area contributed by atoms with Crippen LogP contribution in [0.15, 0.2) is 0 Å². The number of hydrogen-bond acceptors (Lipinski definition) is 6. The molecule has 38 heavy (non-hydrogen) atoms. The molecule has 2 unspecified atom stereocenters. The van der Waals surface area contributed by atoms with Gasteiger partial charge in [-0.25, -0.2) is 0 Å². The monoisotopic (exact) mass is 565 g/mol. The molecule has 0 heterocycles. The van der Waals surface area contributed by atoms with E-state index in [0.29, 0.717) is 30.8 Å². The number of nitrogens with zero attached hydrogens (tertiary/aromatic N) is 1. The van der Waals surface area contributed by atoms with Crippen molar-refractivity contribution >= 4 is 7.82 Å². The summed E-state index contributed by atoms with van der Waals surface area (Å²) in [7, 11) is 1.60. The van der Waals surface area contributed by atoms with E-state index in [0.717, 1.165) is 19.3 Å². The number of hydrogen-bond donors (Lipinski definition) is 0. The molecule has 0 saturated heterocycles. The molecule has 0 aliphatic carbocycles. The quantitative estimate of drug-likeness (QED) is 0.0506. The average Bonchev–Trinajstić information content (AvgIpc) is 2.85. The summed E-state index contributed by atoms with van der Waals surface area (Å²) in [5.74, 6) is 0. The zero-order valence-corrected chi connectivity index (χ0v) is 26.8. The predicted octanol–water partition coefficient (Wildman–Crippen LogP) is 7.66. The van der Waals surface area contributed by atoms with E-state index in [1.165, 1.54) is 96.3 Å². The highest BCUT2D eigenvalue weighted by molar-refractivity contribution is 7.45. The van der Waals surface area contributed by atoms with Crippen LogP contribution in [0.4, 0.5) is 0 Å². The van der Waals surface area contributed by atoms with Crippen LogP contribution >= 0.6 is 7.82 Å². The van der Waals surface area contributed by atoms with Gasteiger partial charge in [-0.05, 0) is 12.8 Å². The molecule has 0 aliphatic rings. The smallest absolute Gasteiger partial charge is 0.268 e. The number of phosphoric ester groups is 1. The Morgan fingerprint density at radius 1 is 0.605 bits per heavy atom. The van der Waals surface area contributed by atoms with Gasteiger partial charge >= 0.3 is 0 Å². The van der Waals surface area contributed by atoms with E-state index < -0.39 is 13.9 Å². The summed E-state index contributed by atoms with van der Waals surface area (Å²) in [5.41, 5.74) is 0. The Balaban J connectivity index is 3.95. The van der Waals surface area contributed by atoms with Gasteiger partial charge in [0.05, 0.1) is 34.4 Å². The molecule has 0 rings (SSSR count). The fourth-order valence-electron chi connectivity index (χ4n) is 4.17. The molecule has 0 spiro atoms. The van der Waals surface area contributed by atoms with Gasteiger partial charge in [0.1, 0.15) is 19.3 Å². The first-order valence-electron chi connectivity index (χ1n) is 15.8. The summed E-state index contributed by atoms with van der Waals surface area (Å²) in [4.78, 5) is 12.1. The van der Waals surface area contributed by atoms with Crippen molar-refractivity contribution in [3.63, 3.8) is 0 Å². The van der Waals surface area contributed by atoms with Crippen LogP contribution in [0.1, 0.15) is 129 Å². The molecule has 0 aromatic carbocycles. The molecule has 0 aromatic heterocycles. The second-order valence-electron chi connectivity index (χ2n) is 11.8. The van der Waals surface area contributed by atoms with E-state index in [1.54, 1.807) is 0 Å². The van der Waals surface area contributed by atoms with E-state index in [4.69, 9.17) is 18.5 Å². The summed E-state index contributed by atoms with van der Waals surface area (Å²) in [5, 5.41) is 0. The van der Waals surface area contributed by atoms with Crippen molar-refractivity contribution in [1.82, 2.24) is 0 Å². The van der Waals surface area contributed by atoms with Gasteiger partial charge in [-0.3, -0.25) is 4.57 Å².